The Kier molecular flexibility index (Phi) is 6.42. The fourth-order valence-electron chi connectivity index (χ4n) is 2.74. The fourth-order valence-corrected chi connectivity index (χ4v) is 2.74. The maximum absolute atomic E-state index is 12.3. The lowest BCUT2D eigenvalue weighted by atomic mass is 10.1. The van der Waals surface area contributed by atoms with Crippen LogP contribution in [0, 0.1) is 0 Å². The van der Waals surface area contributed by atoms with E-state index in [1.54, 1.807) is 24.3 Å². The Bertz CT molecular complexity index is 1020. The van der Waals surface area contributed by atoms with Gasteiger partial charge in [0.25, 0.3) is 0 Å². The molecule has 0 saturated heterocycles. The lowest BCUT2D eigenvalue weighted by Crippen LogP contribution is -2.07. The van der Waals surface area contributed by atoms with Gasteiger partial charge in [0.1, 0.15) is 19.0 Å². The van der Waals surface area contributed by atoms with Crippen molar-refractivity contribution in [1.29, 1.82) is 0 Å². The Labute approximate surface area is 165 Å². The van der Waals surface area contributed by atoms with Crippen molar-refractivity contribution < 1.29 is 14.3 Å². The topological polar surface area (TPSA) is 35.5 Å². The zero-order valence-corrected chi connectivity index (χ0v) is 15.6. The summed E-state index contributed by atoms with van der Waals surface area (Å²) in [5.41, 5.74) is 2.42. The molecule has 0 fully saturated rings. The molecular formula is C25H22O3. The number of esters is 1. The predicted octanol–water partition coefficient (Wildman–Crippen LogP) is 5.87. The molecule has 0 bridgehead atoms. The molecule has 3 heteroatoms. The van der Waals surface area contributed by atoms with Gasteiger partial charge in [0.05, 0.1) is 5.56 Å². The Morgan fingerprint density at radius 1 is 0.929 bits per heavy atom. The molecule has 0 N–H and O–H groups in total. The second kappa shape index (κ2) is 9.38. The molecule has 0 radical (unpaired) electrons. The molecule has 140 valence electrons. The van der Waals surface area contributed by atoms with Crippen molar-refractivity contribution >= 4 is 16.7 Å². The van der Waals surface area contributed by atoms with Gasteiger partial charge in [-0.1, -0.05) is 73.9 Å². The Morgan fingerprint density at radius 3 is 2.43 bits per heavy atom. The second-order valence-electron chi connectivity index (χ2n) is 6.26. The Morgan fingerprint density at radius 2 is 1.68 bits per heavy atom. The van der Waals surface area contributed by atoms with Gasteiger partial charge in [0.15, 0.2) is 0 Å². The van der Waals surface area contributed by atoms with Crippen LogP contribution in [-0.2, 0) is 11.3 Å². The molecule has 0 aromatic heterocycles. The average Bonchev–Trinajstić information content (AvgIpc) is 2.75. The van der Waals surface area contributed by atoms with E-state index in [1.165, 1.54) is 0 Å². The molecule has 3 nitrogen and oxygen atoms in total. The summed E-state index contributed by atoms with van der Waals surface area (Å²) in [7, 11) is 0. The lowest BCUT2D eigenvalue weighted by molar-refractivity contribution is 0.0543. The van der Waals surface area contributed by atoms with Gasteiger partial charge in [-0.15, -0.1) is 0 Å². The maximum atomic E-state index is 12.3. The molecule has 0 saturated carbocycles. The molecule has 0 spiro atoms. The number of ether oxygens (including phenoxy) is 2. The highest BCUT2D eigenvalue weighted by Crippen LogP contribution is 2.23. The molecule has 3 aromatic rings. The summed E-state index contributed by atoms with van der Waals surface area (Å²) in [5.74, 6) is 0.417. The zero-order chi connectivity index (χ0) is 19.8. The van der Waals surface area contributed by atoms with Crippen LogP contribution in [0.5, 0.6) is 5.75 Å². The number of benzene rings is 3. The van der Waals surface area contributed by atoms with E-state index in [2.05, 4.69) is 13.2 Å². The minimum absolute atomic E-state index is 0.165. The van der Waals surface area contributed by atoms with Gasteiger partial charge in [0, 0.05) is 0 Å². The zero-order valence-electron chi connectivity index (χ0n) is 15.6. The smallest absolute Gasteiger partial charge is 0.338 e. The third kappa shape index (κ3) is 4.98. The number of carbonyl (C=O) groups excluding carboxylic acids is 1. The molecule has 0 aliphatic rings. The van der Waals surface area contributed by atoms with Gasteiger partial charge in [-0.25, -0.2) is 4.79 Å². The molecule has 0 atom stereocenters. The molecule has 3 rings (SSSR count). The van der Waals surface area contributed by atoms with Crippen molar-refractivity contribution in [2.24, 2.45) is 0 Å². The van der Waals surface area contributed by atoms with E-state index in [9.17, 15) is 4.79 Å². The number of allylic oxidation sites excluding steroid dienone is 2. The highest BCUT2D eigenvalue weighted by molar-refractivity contribution is 5.95. The van der Waals surface area contributed by atoms with Crippen molar-refractivity contribution in [2.75, 3.05) is 6.61 Å². The normalized spacial score (nSPS) is 11.1. The molecule has 3 aromatic carbocycles. The summed E-state index contributed by atoms with van der Waals surface area (Å²) in [5, 5.41) is 1.95. The second-order valence-corrected chi connectivity index (χ2v) is 6.26. The summed E-state index contributed by atoms with van der Waals surface area (Å²) in [6.45, 7) is 8.00. The van der Waals surface area contributed by atoms with Gasteiger partial charge in [-0.3, -0.25) is 0 Å². The summed E-state index contributed by atoms with van der Waals surface area (Å²) in [6.07, 6.45) is 5.04. The van der Waals surface area contributed by atoms with Crippen LogP contribution in [0.25, 0.3) is 10.8 Å². The fraction of sp³-hybridized carbons (Fsp3) is 0.0800. The molecule has 0 unspecified atom stereocenters. The minimum Gasteiger partial charge on any atom is -0.489 e. The van der Waals surface area contributed by atoms with E-state index in [4.69, 9.17) is 9.47 Å². The van der Waals surface area contributed by atoms with E-state index >= 15 is 0 Å². The maximum Gasteiger partial charge on any atom is 0.338 e. The van der Waals surface area contributed by atoms with E-state index in [1.807, 2.05) is 60.7 Å². The van der Waals surface area contributed by atoms with Crippen LogP contribution in [0.2, 0.25) is 0 Å². The third-order valence-corrected chi connectivity index (χ3v) is 4.26. The minimum atomic E-state index is -0.372. The van der Waals surface area contributed by atoms with Gasteiger partial charge >= 0.3 is 5.97 Å². The summed E-state index contributed by atoms with van der Waals surface area (Å²) < 4.78 is 11.2. The van der Waals surface area contributed by atoms with Crippen LogP contribution in [0.1, 0.15) is 15.9 Å². The standard InChI is InChI=1S/C25H22O3/c1-3-8-19(4-2)17-28-25(26)23-12-11-22-16-24(14-13-21(22)15-23)27-18-20-9-6-5-7-10-20/h3-16H,1-2,17-18H2/b19-8+. The first kappa shape index (κ1) is 19.2. The average molecular weight is 370 g/mol. The largest absolute Gasteiger partial charge is 0.489 e. The van der Waals surface area contributed by atoms with Crippen LogP contribution in [0.4, 0.5) is 0 Å². The monoisotopic (exact) mass is 370 g/mol. The van der Waals surface area contributed by atoms with Crippen LogP contribution in [0.3, 0.4) is 0 Å². The quantitative estimate of drug-likeness (QED) is 0.367. The first-order chi connectivity index (χ1) is 13.7. The number of carbonyl (C=O) groups is 1. The predicted molar refractivity (Wildman–Crippen MR) is 113 cm³/mol. The summed E-state index contributed by atoms with van der Waals surface area (Å²) in [4.78, 5) is 12.3. The number of hydrogen-bond donors (Lipinski definition) is 0. The van der Waals surface area contributed by atoms with Gasteiger partial charge < -0.3 is 9.47 Å². The van der Waals surface area contributed by atoms with Crippen LogP contribution in [-0.4, -0.2) is 12.6 Å². The highest BCUT2D eigenvalue weighted by atomic mass is 16.5. The van der Waals surface area contributed by atoms with Crippen LogP contribution >= 0.6 is 0 Å². The number of fused-ring (bicyclic) bond motifs is 1. The Balaban J connectivity index is 1.68. The summed E-state index contributed by atoms with van der Waals surface area (Å²) in [6, 6.07) is 21.3. The van der Waals surface area contributed by atoms with Crippen molar-refractivity contribution in [3.63, 3.8) is 0 Å². The molecule has 0 amide bonds. The van der Waals surface area contributed by atoms with Crippen molar-refractivity contribution in [3.05, 3.63) is 115 Å². The molecule has 0 aliphatic heterocycles. The lowest BCUT2D eigenvalue weighted by Gasteiger charge is -2.09. The molecule has 28 heavy (non-hydrogen) atoms. The third-order valence-electron chi connectivity index (χ3n) is 4.26. The van der Waals surface area contributed by atoms with Crippen molar-refractivity contribution in [3.8, 4) is 5.75 Å². The van der Waals surface area contributed by atoms with E-state index in [-0.39, 0.29) is 12.6 Å². The van der Waals surface area contributed by atoms with Crippen LogP contribution < -0.4 is 4.74 Å². The van der Waals surface area contributed by atoms with Gasteiger partial charge in [0.2, 0.25) is 0 Å². The highest BCUT2D eigenvalue weighted by Gasteiger charge is 2.09. The number of hydrogen-bond acceptors (Lipinski definition) is 3. The van der Waals surface area contributed by atoms with Crippen molar-refractivity contribution in [2.45, 2.75) is 6.61 Å². The van der Waals surface area contributed by atoms with E-state index < -0.39 is 0 Å². The van der Waals surface area contributed by atoms with E-state index in [0.717, 1.165) is 27.7 Å². The summed E-state index contributed by atoms with van der Waals surface area (Å²) >= 11 is 0. The molecule has 0 aliphatic carbocycles. The van der Waals surface area contributed by atoms with Gasteiger partial charge in [-0.05, 0) is 46.2 Å². The Hall–Kier alpha value is -3.59. The molecule has 0 heterocycles. The van der Waals surface area contributed by atoms with Crippen molar-refractivity contribution in [1.82, 2.24) is 0 Å². The first-order valence-corrected chi connectivity index (χ1v) is 9.01. The SMILES string of the molecule is C=C/C=C(\C=C)COC(=O)c1ccc2cc(OCc3ccccc3)ccc2c1. The van der Waals surface area contributed by atoms with E-state index in [0.29, 0.717) is 12.2 Å². The number of rotatable bonds is 8. The van der Waals surface area contributed by atoms with Crippen LogP contribution in [0.15, 0.2) is 104 Å². The molecular weight excluding hydrogens is 348 g/mol. The van der Waals surface area contributed by atoms with Gasteiger partial charge in [-0.2, -0.15) is 0 Å². The first-order valence-electron chi connectivity index (χ1n) is 9.01.